The van der Waals surface area contributed by atoms with Crippen LogP contribution in [0.15, 0.2) is 47.3 Å². The summed E-state index contributed by atoms with van der Waals surface area (Å²) in [5.74, 6) is 0.665. The van der Waals surface area contributed by atoms with Crippen molar-refractivity contribution in [3.63, 3.8) is 0 Å². The molecule has 20 heavy (non-hydrogen) atoms. The lowest BCUT2D eigenvalue weighted by atomic mass is 10.2. The van der Waals surface area contributed by atoms with Gasteiger partial charge in [-0.1, -0.05) is 29.8 Å². The zero-order chi connectivity index (χ0) is 14.1. The van der Waals surface area contributed by atoms with E-state index in [2.05, 4.69) is 5.10 Å². The Balaban J connectivity index is 2.09. The number of rotatable bonds is 3. The molecule has 1 heterocycles. The Hall–Kier alpha value is -2.20. The number of ether oxygens (including phenoxy) is 1. The van der Waals surface area contributed by atoms with E-state index in [0.717, 1.165) is 11.1 Å². The molecule has 2 aromatic carbocycles. The van der Waals surface area contributed by atoms with Crippen molar-refractivity contribution in [1.82, 2.24) is 9.78 Å². The van der Waals surface area contributed by atoms with Gasteiger partial charge in [-0.3, -0.25) is 14.6 Å². The van der Waals surface area contributed by atoms with Crippen LogP contribution in [-0.4, -0.2) is 16.9 Å². The van der Waals surface area contributed by atoms with E-state index in [0.29, 0.717) is 22.7 Å². The highest BCUT2D eigenvalue weighted by Crippen LogP contribution is 2.20. The van der Waals surface area contributed by atoms with Gasteiger partial charge in [-0.25, -0.2) is 0 Å². The van der Waals surface area contributed by atoms with E-state index in [1.807, 2.05) is 36.4 Å². The van der Waals surface area contributed by atoms with Crippen LogP contribution >= 0.6 is 11.6 Å². The van der Waals surface area contributed by atoms with Gasteiger partial charge in [0.05, 0.1) is 24.6 Å². The minimum absolute atomic E-state index is 0.133. The van der Waals surface area contributed by atoms with Crippen LogP contribution < -0.4 is 10.3 Å². The molecule has 1 N–H and O–H groups in total. The third kappa shape index (κ3) is 2.18. The molecule has 102 valence electrons. The van der Waals surface area contributed by atoms with E-state index in [1.165, 1.54) is 0 Å². The molecule has 0 aliphatic rings. The molecule has 0 atom stereocenters. The molecule has 0 radical (unpaired) electrons. The highest BCUT2D eigenvalue weighted by Gasteiger charge is 2.09. The fourth-order valence-corrected chi connectivity index (χ4v) is 2.42. The van der Waals surface area contributed by atoms with Gasteiger partial charge in [0.1, 0.15) is 5.75 Å². The number of fused-ring (bicyclic) bond motifs is 1. The minimum atomic E-state index is -0.133. The maximum Gasteiger partial charge on any atom is 0.272 e. The van der Waals surface area contributed by atoms with Gasteiger partial charge in [0.25, 0.3) is 5.56 Å². The van der Waals surface area contributed by atoms with Gasteiger partial charge in [-0.15, -0.1) is 0 Å². The average Bonchev–Trinajstić information content (AvgIpc) is 2.77. The average molecular weight is 289 g/mol. The topological polar surface area (TPSA) is 47.0 Å². The quantitative estimate of drug-likeness (QED) is 0.805. The molecule has 0 spiro atoms. The molecule has 3 rings (SSSR count). The van der Waals surface area contributed by atoms with Crippen molar-refractivity contribution >= 4 is 22.5 Å². The molecule has 4 nitrogen and oxygen atoms in total. The molecule has 1 aromatic heterocycles. The van der Waals surface area contributed by atoms with Crippen molar-refractivity contribution in [2.45, 2.75) is 6.54 Å². The second-order valence-electron chi connectivity index (χ2n) is 4.50. The first kappa shape index (κ1) is 12.8. The predicted molar refractivity (Wildman–Crippen MR) is 79.7 cm³/mol. The fraction of sp³-hybridized carbons (Fsp3) is 0.133. The number of hydrogen-bond donors (Lipinski definition) is 1. The number of benzene rings is 2. The lowest BCUT2D eigenvalue weighted by Gasteiger charge is -2.07. The summed E-state index contributed by atoms with van der Waals surface area (Å²) in [6, 6.07) is 13.0. The molecule has 0 saturated carbocycles. The SMILES string of the molecule is COc1ccc2c(c1)c(=O)[nH]n2Cc1ccccc1Cl. The largest absolute Gasteiger partial charge is 0.497 e. The van der Waals surface area contributed by atoms with Crippen LogP contribution in [-0.2, 0) is 6.54 Å². The number of aromatic amines is 1. The number of H-pyrrole nitrogens is 1. The van der Waals surface area contributed by atoms with Crippen molar-refractivity contribution in [1.29, 1.82) is 0 Å². The van der Waals surface area contributed by atoms with Gasteiger partial charge in [-0.2, -0.15) is 0 Å². The molecule has 0 unspecified atom stereocenters. The molecule has 0 aliphatic heterocycles. The van der Waals surface area contributed by atoms with E-state index in [9.17, 15) is 4.79 Å². The molecule has 0 bridgehead atoms. The Morgan fingerprint density at radius 1 is 1.25 bits per heavy atom. The summed E-state index contributed by atoms with van der Waals surface area (Å²) in [5.41, 5.74) is 1.65. The first-order valence-electron chi connectivity index (χ1n) is 6.19. The molecular formula is C15H13ClN2O2. The number of nitrogens with one attached hydrogen (secondary N) is 1. The van der Waals surface area contributed by atoms with E-state index >= 15 is 0 Å². The summed E-state index contributed by atoms with van der Waals surface area (Å²) in [7, 11) is 1.58. The maximum absolute atomic E-state index is 12.0. The van der Waals surface area contributed by atoms with Crippen LogP contribution in [0, 0.1) is 0 Å². The zero-order valence-electron chi connectivity index (χ0n) is 10.9. The summed E-state index contributed by atoms with van der Waals surface area (Å²) in [5, 5.41) is 4.12. The molecule has 0 saturated heterocycles. The lowest BCUT2D eigenvalue weighted by molar-refractivity contribution is 0.415. The summed E-state index contributed by atoms with van der Waals surface area (Å²) in [4.78, 5) is 12.0. The van der Waals surface area contributed by atoms with Crippen molar-refractivity contribution in [2.75, 3.05) is 7.11 Å². The van der Waals surface area contributed by atoms with Gasteiger partial charge in [0.15, 0.2) is 0 Å². The maximum atomic E-state index is 12.0. The van der Waals surface area contributed by atoms with Crippen molar-refractivity contribution in [2.24, 2.45) is 0 Å². The predicted octanol–water partition coefficient (Wildman–Crippen LogP) is 3.04. The molecule has 5 heteroatoms. The van der Waals surface area contributed by atoms with Crippen LogP contribution in [0.1, 0.15) is 5.56 Å². The summed E-state index contributed by atoms with van der Waals surface area (Å²) < 4.78 is 6.93. The number of aromatic nitrogens is 2. The van der Waals surface area contributed by atoms with Gasteiger partial charge in [0.2, 0.25) is 0 Å². The third-order valence-corrected chi connectivity index (χ3v) is 3.63. The van der Waals surface area contributed by atoms with Crippen LogP contribution in [0.3, 0.4) is 0 Å². The Bertz CT molecular complexity index is 820. The second kappa shape index (κ2) is 5.06. The Morgan fingerprint density at radius 2 is 2.05 bits per heavy atom. The Labute approximate surface area is 120 Å². The van der Waals surface area contributed by atoms with E-state index in [4.69, 9.17) is 16.3 Å². The second-order valence-corrected chi connectivity index (χ2v) is 4.91. The molecular weight excluding hydrogens is 276 g/mol. The van der Waals surface area contributed by atoms with Gasteiger partial charge in [-0.05, 0) is 29.8 Å². The van der Waals surface area contributed by atoms with Crippen LogP contribution in [0.5, 0.6) is 5.75 Å². The summed E-state index contributed by atoms with van der Waals surface area (Å²) in [6.07, 6.45) is 0. The lowest BCUT2D eigenvalue weighted by Crippen LogP contribution is -2.07. The van der Waals surface area contributed by atoms with Gasteiger partial charge in [0, 0.05) is 5.02 Å². The first-order valence-corrected chi connectivity index (χ1v) is 6.57. The van der Waals surface area contributed by atoms with Crippen molar-refractivity contribution < 1.29 is 4.74 Å². The molecule has 0 amide bonds. The highest BCUT2D eigenvalue weighted by molar-refractivity contribution is 6.31. The van der Waals surface area contributed by atoms with Crippen LogP contribution in [0.4, 0.5) is 0 Å². The van der Waals surface area contributed by atoms with E-state index in [-0.39, 0.29) is 5.56 Å². The Morgan fingerprint density at radius 3 is 2.80 bits per heavy atom. The standard InChI is InChI=1S/C15H13ClN2O2/c1-20-11-6-7-14-12(8-11)15(19)17-18(14)9-10-4-2-3-5-13(10)16/h2-8H,9H2,1H3,(H,17,19). The smallest absolute Gasteiger partial charge is 0.272 e. The fourth-order valence-electron chi connectivity index (χ4n) is 2.22. The number of hydrogen-bond acceptors (Lipinski definition) is 2. The Kier molecular flexibility index (Phi) is 3.24. The summed E-state index contributed by atoms with van der Waals surface area (Å²) in [6.45, 7) is 0.519. The number of nitrogens with zero attached hydrogens (tertiary/aromatic N) is 1. The van der Waals surface area contributed by atoms with Crippen LogP contribution in [0.2, 0.25) is 5.02 Å². The molecule has 3 aromatic rings. The van der Waals surface area contributed by atoms with E-state index < -0.39 is 0 Å². The van der Waals surface area contributed by atoms with Crippen LogP contribution in [0.25, 0.3) is 10.9 Å². The monoisotopic (exact) mass is 288 g/mol. The third-order valence-electron chi connectivity index (χ3n) is 3.26. The number of methoxy groups -OCH3 is 1. The van der Waals surface area contributed by atoms with Gasteiger partial charge >= 0.3 is 0 Å². The minimum Gasteiger partial charge on any atom is -0.497 e. The van der Waals surface area contributed by atoms with Gasteiger partial charge < -0.3 is 4.74 Å². The number of halogens is 1. The normalized spacial score (nSPS) is 10.9. The molecule has 0 aliphatic carbocycles. The highest BCUT2D eigenvalue weighted by atomic mass is 35.5. The summed E-state index contributed by atoms with van der Waals surface area (Å²) >= 11 is 6.15. The first-order chi connectivity index (χ1) is 9.69. The van der Waals surface area contributed by atoms with E-state index in [1.54, 1.807) is 17.9 Å². The zero-order valence-corrected chi connectivity index (χ0v) is 11.6. The van der Waals surface area contributed by atoms with Crippen molar-refractivity contribution in [3.05, 3.63) is 63.4 Å². The van der Waals surface area contributed by atoms with Crippen molar-refractivity contribution in [3.8, 4) is 5.75 Å². The molecule has 0 fully saturated rings.